The molecule has 21 heavy (non-hydrogen) atoms. The third kappa shape index (κ3) is 5.36. The van der Waals surface area contributed by atoms with Gasteiger partial charge >= 0.3 is 0 Å². The summed E-state index contributed by atoms with van der Waals surface area (Å²) in [5, 5.41) is 12.2. The summed E-state index contributed by atoms with van der Waals surface area (Å²) < 4.78 is 7.40. The van der Waals surface area contributed by atoms with E-state index in [0.29, 0.717) is 30.5 Å². The van der Waals surface area contributed by atoms with Gasteiger partial charge in [-0.1, -0.05) is 28.9 Å². The van der Waals surface area contributed by atoms with Gasteiger partial charge in [0.2, 0.25) is 0 Å². The van der Waals surface area contributed by atoms with Crippen LogP contribution in [0.25, 0.3) is 0 Å². The summed E-state index contributed by atoms with van der Waals surface area (Å²) in [7, 11) is 0. The first kappa shape index (κ1) is 15.8. The molecule has 1 aromatic heterocycles. The molecule has 1 N–H and O–H groups in total. The average molecular weight is 309 g/mol. The van der Waals surface area contributed by atoms with Crippen molar-refractivity contribution in [2.45, 2.75) is 39.4 Å². The minimum atomic E-state index is 0.0664. The fourth-order valence-corrected chi connectivity index (χ4v) is 1.89. The van der Waals surface area contributed by atoms with E-state index < -0.39 is 0 Å². The van der Waals surface area contributed by atoms with E-state index in [4.69, 9.17) is 16.3 Å². The Hall–Kier alpha value is -1.59. The Labute approximate surface area is 130 Å². The van der Waals surface area contributed by atoms with E-state index in [-0.39, 0.29) is 5.54 Å². The van der Waals surface area contributed by atoms with Gasteiger partial charge in [-0.25, -0.2) is 4.68 Å². The molecule has 0 saturated heterocycles. The van der Waals surface area contributed by atoms with Crippen LogP contribution in [-0.4, -0.2) is 27.1 Å². The van der Waals surface area contributed by atoms with E-state index in [0.717, 1.165) is 5.69 Å². The number of aromatic nitrogens is 3. The molecule has 0 saturated carbocycles. The zero-order valence-electron chi connectivity index (χ0n) is 12.6. The molecule has 1 aromatic carbocycles. The molecule has 0 spiro atoms. The second-order valence-electron chi connectivity index (χ2n) is 5.86. The van der Waals surface area contributed by atoms with Crippen LogP contribution in [0.4, 0.5) is 0 Å². The van der Waals surface area contributed by atoms with Crippen LogP contribution in [0.15, 0.2) is 30.5 Å². The predicted molar refractivity (Wildman–Crippen MR) is 83.6 cm³/mol. The van der Waals surface area contributed by atoms with Crippen LogP contribution in [0, 0.1) is 0 Å². The van der Waals surface area contributed by atoms with Gasteiger partial charge in [-0.05, 0) is 32.9 Å². The summed E-state index contributed by atoms with van der Waals surface area (Å²) in [5.74, 6) is 0.689. The normalized spacial score (nSPS) is 11.6. The quantitative estimate of drug-likeness (QED) is 0.891. The fraction of sp³-hybridized carbons (Fsp3) is 0.467. The summed E-state index contributed by atoms with van der Waals surface area (Å²) in [6, 6.07) is 7.43. The van der Waals surface area contributed by atoms with Gasteiger partial charge in [0, 0.05) is 18.3 Å². The molecule has 0 amide bonds. The first-order valence-electron chi connectivity index (χ1n) is 6.95. The van der Waals surface area contributed by atoms with Crippen molar-refractivity contribution < 1.29 is 4.74 Å². The molecule has 6 heteroatoms. The van der Waals surface area contributed by atoms with Gasteiger partial charge in [-0.3, -0.25) is 0 Å². The maximum atomic E-state index is 6.03. The number of para-hydroxylation sites is 1. The topological polar surface area (TPSA) is 52.0 Å². The van der Waals surface area contributed by atoms with Crippen molar-refractivity contribution in [3.05, 3.63) is 41.2 Å². The number of hydrogen-bond donors (Lipinski definition) is 1. The van der Waals surface area contributed by atoms with E-state index in [9.17, 15) is 0 Å². The van der Waals surface area contributed by atoms with Gasteiger partial charge in [0.05, 0.1) is 17.3 Å². The third-order valence-corrected chi connectivity index (χ3v) is 3.11. The van der Waals surface area contributed by atoms with E-state index in [1.165, 1.54) is 0 Å². The van der Waals surface area contributed by atoms with Crippen LogP contribution in [-0.2, 0) is 13.1 Å². The van der Waals surface area contributed by atoms with Gasteiger partial charge in [0.15, 0.2) is 0 Å². The highest BCUT2D eigenvalue weighted by Crippen LogP contribution is 2.22. The molecule has 0 atom stereocenters. The molecule has 0 bridgehead atoms. The molecular formula is C15H21ClN4O. The summed E-state index contributed by atoms with van der Waals surface area (Å²) in [6.45, 7) is 8.19. The molecule has 0 aliphatic carbocycles. The lowest BCUT2D eigenvalue weighted by Gasteiger charge is -2.19. The molecular weight excluding hydrogens is 288 g/mol. The summed E-state index contributed by atoms with van der Waals surface area (Å²) in [6.07, 6.45) is 1.93. The Morgan fingerprint density at radius 2 is 2.05 bits per heavy atom. The molecule has 0 unspecified atom stereocenters. The molecule has 2 rings (SSSR count). The minimum Gasteiger partial charge on any atom is -0.490 e. The Kier molecular flexibility index (Phi) is 5.20. The van der Waals surface area contributed by atoms with Crippen molar-refractivity contribution in [2.24, 2.45) is 0 Å². The van der Waals surface area contributed by atoms with Crippen molar-refractivity contribution >= 4 is 11.6 Å². The van der Waals surface area contributed by atoms with Gasteiger partial charge in [-0.2, -0.15) is 0 Å². The van der Waals surface area contributed by atoms with Crippen LogP contribution in [0.2, 0.25) is 5.02 Å². The molecule has 0 aliphatic rings. The number of rotatable bonds is 6. The molecule has 5 nitrogen and oxygen atoms in total. The lowest BCUT2D eigenvalue weighted by Crippen LogP contribution is -2.35. The maximum Gasteiger partial charge on any atom is 0.137 e. The van der Waals surface area contributed by atoms with E-state index in [1.54, 1.807) is 4.68 Å². The van der Waals surface area contributed by atoms with Gasteiger partial charge in [-0.15, -0.1) is 5.10 Å². The lowest BCUT2D eigenvalue weighted by molar-refractivity contribution is 0.290. The van der Waals surface area contributed by atoms with E-state index in [1.807, 2.05) is 30.5 Å². The summed E-state index contributed by atoms with van der Waals surface area (Å²) in [4.78, 5) is 0. The monoisotopic (exact) mass is 308 g/mol. The Bertz CT molecular complexity index is 577. The number of halogens is 1. The minimum absolute atomic E-state index is 0.0664. The van der Waals surface area contributed by atoms with Gasteiger partial charge < -0.3 is 10.1 Å². The zero-order valence-corrected chi connectivity index (χ0v) is 13.4. The maximum absolute atomic E-state index is 6.03. The van der Waals surface area contributed by atoms with E-state index >= 15 is 0 Å². The molecule has 2 aromatic rings. The molecule has 114 valence electrons. The van der Waals surface area contributed by atoms with Crippen molar-refractivity contribution in [1.82, 2.24) is 20.3 Å². The largest absolute Gasteiger partial charge is 0.490 e. The fourth-order valence-electron chi connectivity index (χ4n) is 1.70. The van der Waals surface area contributed by atoms with Crippen molar-refractivity contribution in [2.75, 3.05) is 6.61 Å². The van der Waals surface area contributed by atoms with Crippen LogP contribution in [0.3, 0.4) is 0 Å². The van der Waals surface area contributed by atoms with Gasteiger partial charge in [0.25, 0.3) is 0 Å². The standard InChI is InChI=1S/C15H21ClN4O/c1-15(2,3)17-10-12-11-20(19-18-12)8-9-21-14-7-5-4-6-13(14)16/h4-7,11,17H,8-10H2,1-3H3. The zero-order chi connectivity index (χ0) is 15.3. The number of nitrogens with zero attached hydrogens (tertiary/aromatic N) is 3. The molecule has 1 heterocycles. The highest BCUT2D eigenvalue weighted by molar-refractivity contribution is 6.32. The molecule has 0 aliphatic heterocycles. The number of hydrogen-bond acceptors (Lipinski definition) is 4. The molecule has 0 radical (unpaired) electrons. The van der Waals surface area contributed by atoms with Crippen molar-refractivity contribution in [3.63, 3.8) is 0 Å². The highest BCUT2D eigenvalue weighted by Gasteiger charge is 2.10. The Morgan fingerprint density at radius 3 is 2.76 bits per heavy atom. The third-order valence-electron chi connectivity index (χ3n) is 2.80. The number of nitrogens with one attached hydrogen (secondary N) is 1. The van der Waals surface area contributed by atoms with Crippen molar-refractivity contribution in [3.8, 4) is 5.75 Å². The van der Waals surface area contributed by atoms with Crippen LogP contribution >= 0.6 is 11.6 Å². The smallest absolute Gasteiger partial charge is 0.137 e. The van der Waals surface area contributed by atoms with Crippen LogP contribution < -0.4 is 10.1 Å². The Balaban J connectivity index is 1.79. The predicted octanol–water partition coefficient (Wildman–Crippen LogP) is 2.90. The van der Waals surface area contributed by atoms with Crippen LogP contribution in [0.5, 0.6) is 5.75 Å². The first-order valence-corrected chi connectivity index (χ1v) is 7.33. The summed E-state index contributed by atoms with van der Waals surface area (Å²) >= 11 is 6.03. The average Bonchev–Trinajstić information content (AvgIpc) is 2.86. The van der Waals surface area contributed by atoms with Crippen LogP contribution in [0.1, 0.15) is 26.5 Å². The van der Waals surface area contributed by atoms with Crippen molar-refractivity contribution in [1.29, 1.82) is 0 Å². The number of ether oxygens (including phenoxy) is 1. The molecule has 0 fully saturated rings. The SMILES string of the molecule is CC(C)(C)NCc1cn(CCOc2ccccc2Cl)nn1. The first-order chi connectivity index (χ1) is 9.94. The Morgan fingerprint density at radius 1 is 1.29 bits per heavy atom. The highest BCUT2D eigenvalue weighted by atomic mass is 35.5. The number of benzene rings is 1. The second kappa shape index (κ2) is 6.91. The summed E-state index contributed by atoms with van der Waals surface area (Å²) in [5.41, 5.74) is 0.986. The second-order valence-corrected chi connectivity index (χ2v) is 6.26. The lowest BCUT2D eigenvalue weighted by atomic mass is 10.1. The van der Waals surface area contributed by atoms with E-state index in [2.05, 4.69) is 36.4 Å². The van der Waals surface area contributed by atoms with Gasteiger partial charge in [0.1, 0.15) is 12.4 Å².